The number of nitrogens with one attached hydrogen (secondary N) is 2. The van der Waals surface area contributed by atoms with Crippen molar-refractivity contribution in [3.8, 4) is 0 Å². The average molecular weight is 465 g/mol. The number of amides is 4. The summed E-state index contributed by atoms with van der Waals surface area (Å²) in [5, 5.41) is 5.33. The SMILES string of the molecule is CC1(c2ccc(F)cc2)NC(=O)N(CC(=O)NCc2cccc(COCc3ccco3)c2)C1=O. The normalized spacial score (nSPS) is 17.6. The molecule has 2 aromatic carbocycles. The first kappa shape index (κ1) is 23.2. The molecule has 0 spiro atoms. The quantitative estimate of drug-likeness (QED) is 0.473. The molecule has 1 fully saturated rings. The lowest BCUT2D eigenvalue weighted by molar-refractivity contribution is -0.134. The molecule has 8 nitrogen and oxygen atoms in total. The summed E-state index contributed by atoms with van der Waals surface area (Å²) in [7, 11) is 0. The summed E-state index contributed by atoms with van der Waals surface area (Å²) >= 11 is 0. The fourth-order valence-electron chi connectivity index (χ4n) is 3.71. The van der Waals surface area contributed by atoms with E-state index in [2.05, 4.69) is 10.6 Å². The first-order chi connectivity index (χ1) is 16.3. The van der Waals surface area contributed by atoms with Gasteiger partial charge in [-0.15, -0.1) is 0 Å². The Morgan fingerprint density at radius 2 is 1.85 bits per heavy atom. The second kappa shape index (κ2) is 9.88. The van der Waals surface area contributed by atoms with E-state index in [1.807, 2.05) is 30.3 Å². The lowest BCUT2D eigenvalue weighted by Crippen LogP contribution is -2.43. The van der Waals surface area contributed by atoms with Crippen molar-refractivity contribution in [1.82, 2.24) is 15.5 Å². The maximum absolute atomic E-state index is 13.2. The van der Waals surface area contributed by atoms with Gasteiger partial charge in [0.05, 0.1) is 12.9 Å². The second-order valence-electron chi connectivity index (χ2n) is 8.12. The maximum Gasteiger partial charge on any atom is 0.325 e. The highest BCUT2D eigenvalue weighted by Crippen LogP contribution is 2.28. The fraction of sp³-hybridized carbons (Fsp3) is 0.240. The van der Waals surface area contributed by atoms with E-state index in [9.17, 15) is 18.8 Å². The van der Waals surface area contributed by atoms with Gasteiger partial charge in [-0.2, -0.15) is 0 Å². The number of urea groups is 1. The summed E-state index contributed by atoms with van der Waals surface area (Å²) in [6.45, 7) is 2.07. The van der Waals surface area contributed by atoms with Gasteiger partial charge in [0.25, 0.3) is 5.91 Å². The molecule has 1 atom stereocenters. The van der Waals surface area contributed by atoms with Crippen molar-refractivity contribution < 1.29 is 27.9 Å². The summed E-state index contributed by atoms with van der Waals surface area (Å²) in [5.74, 6) is -0.769. The monoisotopic (exact) mass is 465 g/mol. The van der Waals surface area contributed by atoms with Crippen molar-refractivity contribution in [2.75, 3.05) is 6.54 Å². The molecule has 176 valence electrons. The number of rotatable bonds is 9. The number of carbonyl (C=O) groups excluding carboxylic acids is 3. The summed E-state index contributed by atoms with van der Waals surface area (Å²) in [4.78, 5) is 38.6. The fourth-order valence-corrected chi connectivity index (χ4v) is 3.71. The lowest BCUT2D eigenvalue weighted by atomic mass is 9.92. The number of hydrogen-bond acceptors (Lipinski definition) is 5. The van der Waals surface area contributed by atoms with E-state index in [1.54, 1.807) is 12.3 Å². The minimum atomic E-state index is -1.37. The van der Waals surface area contributed by atoms with Crippen molar-refractivity contribution in [3.63, 3.8) is 0 Å². The van der Waals surface area contributed by atoms with E-state index in [-0.39, 0.29) is 6.54 Å². The van der Waals surface area contributed by atoms with E-state index >= 15 is 0 Å². The topological polar surface area (TPSA) is 101 Å². The summed E-state index contributed by atoms with van der Waals surface area (Å²) in [5.41, 5.74) is 0.846. The minimum absolute atomic E-state index is 0.226. The Bertz CT molecular complexity index is 1180. The van der Waals surface area contributed by atoms with Crippen LogP contribution in [0.25, 0.3) is 0 Å². The minimum Gasteiger partial charge on any atom is -0.467 e. The van der Waals surface area contributed by atoms with Gasteiger partial charge in [-0.05, 0) is 47.9 Å². The zero-order valence-electron chi connectivity index (χ0n) is 18.5. The zero-order valence-corrected chi connectivity index (χ0v) is 18.5. The number of hydrogen-bond donors (Lipinski definition) is 2. The molecule has 4 amide bonds. The van der Waals surface area contributed by atoms with Crippen molar-refractivity contribution in [1.29, 1.82) is 0 Å². The predicted octanol–water partition coefficient (Wildman–Crippen LogP) is 3.22. The third-order valence-corrected chi connectivity index (χ3v) is 5.57. The van der Waals surface area contributed by atoms with Gasteiger partial charge in [0.2, 0.25) is 5.91 Å². The molecule has 9 heteroatoms. The Balaban J connectivity index is 1.30. The van der Waals surface area contributed by atoms with Gasteiger partial charge < -0.3 is 19.8 Å². The Hall–Kier alpha value is -3.98. The average Bonchev–Trinajstić information content (AvgIpc) is 3.41. The Kier molecular flexibility index (Phi) is 6.74. The van der Waals surface area contributed by atoms with Crippen LogP contribution in [0, 0.1) is 5.82 Å². The predicted molar refractivity (Wildman–Crippen MR) is 119 cm³/mol. The molecule has 1 unspecified atom stereocenters. The molecule has 4 rings (SSSR count). The number of halogens is 1. The van der Waals surface area contributed by atoms with Gasteiger partial charge in [-0.25, -0.2) is 9.18 Å². The van der Waals surface area contributed by atoms with Gasteiger partial charge in [0.15, 0.2) is 0 Å². The Labute approximate surface area is 195 Å². The standard InChI is InChI=1S/C25H24FN3O5/c1-25(19-7-9-20(26)10-8-19)23(31)29(24(32)28-25)14-22(30)27-13-17-4-2-5-18(12-17)15-33-16-21-6-3-11-34-21/h2-12H,13-16H2,1H3,(H,27,30)(H,28,32). The van der Waals surface area contributed by atoms with Crippen molar-refractivity contribution in [3.05, 3.63) is 95.2 Å². The molecule has 0 saturated carbocycles. The molecule has 2 N–H and O–H groups in total. The van der Waals surface area contributed by atoms with E-state index in [0.717, 1.165) is 21.8 Å². The van der Waals surface area contributed by atoms with Gasteiger partial charge in [-0.1, -0.05) is 36.4 Å². The van der Waals surface area contributed by atoms with Crippen LogP contribution >= 0.6 is 0 Å². The number of furan rings is 1. The molecule has 0 bridgehead atoms. The molecule has 0 aliphatic carbocycles. The molecule has 1 saturated heterocycles. The lowest BCUT2D eigenvalue weighted by Gasteiger charge is -2.22. The van der Waals surface area contributed by atoms with Crippen LogP contribution in [-0.2, 0) is 39.6 Å². The third kappa shape index (κ3) is 5.15. The van der Waals surface area contributed by atoms with E-state index in [0.29, 0.717) is 18.8 Å². The van der Waals surface area contributed by atoms with Crippen LogP contribution in [-0.4, -0.2) is 29.3 Å². The largest absolute Gasteiger partial charge is 0.467 e. The first-order valence-electron chi connectivity index (χ1n) is 10.7. The third-order valence-electron chi connectivity index (χ3n) is 5.57. The number of imide groups is 1. The van der Waals surface area contributed by atoms with E-state index in [1.165, 1.54) is 31.2 Å². The molecule has 1 aromatic heterocycles. The second-order valence-corrected chi connectivity index (χ2v) is 8.12. The van der Waals surface area contributed by atoms with Gasteiger partial charge in [0.1, 0.15) is 30.3 Å². The van der Waals surface area contributed by atoms with Crippen molar-refractivity contribution in [2.24, 2.45) is 0 Å². The van der Waals surface area contributed by atoms with Gasteiger partial charge in [-0.3, -0.25) is 14.5 Å². The molecule has 3 aromatic rings. The van der Waals surface area contributed by atoms with Gasteiger partial charge in [0, 0.05) is 6.54 Å². The smallest absolute Gasteiger partial charge is 0.325 e. The molecular formula is C25H24FN3O5. The highest BCUT2D eigenvalue weighted by Gasteiger charge is 2.49. The highest BCUT2D eigenvalue weighted by atomic mass is 19.1. The molecule has 2 heterocycles. The van der Waals surface area contributed by atoms with E-state index < -0.39 is 35.7 Å². The van der Waals surface area contributed by atoms with Crippen molar-refractivity contribution >= 4 is 17.8 Å². The number of benzene rings is 2. The van der Waals surface area contributed by atoms with Crippen LogP contribution in [0.2, 0.25) is 0 Å². The first-order valence-corrected chi connectivity index (χ1v) is 10.7. The van der Waals surface area contributed by atoms with E-state index in [4.69, 9.17) is 9.15 Å². The van der Waals surface area contributed by atoms with Crippen LogP contribution in [0.4, 0.5) is 9.18 Å². The molecule has 1 aliphatic heterocycles. The summed E-state index contributed by atoms with van der Waals surface area (Å²) < 4.78 is 24.1. The Morgan fingerprint density at radius 1 is 1.09 bits per heavy atom. The maximum atomic E-state index is 13.2. The van der Waals surface area contributed by atoms with Crippen LogP contribution in [0.1, 0.15) is 29.4 Å². The molecule has 0 radical (unpaired) electrons. The van der Waals surface area contributed by atoms with Crippen LogP contribution in [0.15, 0.2) is 71.3 Å². The number of nitrogens with zero attached hydrogens (tertiary/aromatic N) is 1. The molecular weight excluding hydrogens is 441 g/mol. The van der Waals surface area contributed by atoms with Gasteiger partial charge >= 0.3 is 6.03 Å². The molecule has 34 heavy (non-hydrogen) atoms. The van der Waals surface area contributed by atoms with Crippen LogP contribution in [0.5, 0.6) is 0 Å². The molecule has 1 aliphatic rings. The Morgan fingerprint density at radius 3 is 2.59 bits per heavy atom. The number of ether oxygens (including phenoxy) is 1. The highest BCUT2D eigenvalue weighted by molar-refractivity contribution is 6.09. The number of carbonyl (C=O) groups is 3. The zero-order chi connectivity index (χ0) is 24.1. The summed E-state index contributed by atoms with van der Waals surface area (Å²) in [6.07, 6.45) is 1.59. The van der Waals surface area contributed by atoms with Crippen LogP contribution < -0.4 is 10.6 Å². The van der Waals surface area contributed by atoms with Crippen molar-refractivity contribution in [2.45, 2.75) is 32.2 Å². The summed E-state index contributed by atoms with van der Waals surface area (Å²) in [6, 6.07) is 15.8. The van der Waals surface area contributed by atoms with Crippen LogP contribution in [0.3, 0.4) is 0 Å².